The van der Waals surface area contributed by atoms with E-state index < -0.39 is 5.97 Å². The van der Waals surface area contributed by atoms with Crippen LogP contribution in [0.4, 0.5) is 5.69 Å². The summed E-state index contributed by atoms with van der Waals surface area (Å²) in [6, 6.07) is 12.9. The van der Waals surface area contributed by atoms with Gasteiger partial charge in [0.25, 0.3) is 0 Å². The number of carboxylic acid groups (broad SMARTS) is 1. The van der Waals surface area contributed by atoms with Crippen LogP contribution in [0.2, 0.25) is 10.0 Å². The van der Waals surface area contributed by atoms with Gasteiger partial charge in [0.05, 0.1) is 10.6 Å². The summed E-state index contributed by atoms with van der Waals surface area (Å²) in [7, 11) is 1.72. The molecule has 1 heterocycles. The van der Waals surface area contributed by atoms with Crippen molar-refractivity contribution in [2.24, 2.45) is 0 Å². The standard InChI is InChI=1S/C12H10BrNO2S.C9H8Cl2O.C2H6/c1-14-9-6-17-11(10(9)12(15)16)7-2-4-8(13)5-3-7;10-8-4-1-5-9(11)7(8)3-2-6-12;1-2/h2-6,14H,1H3,(H,15,16);1,4-6H,2-3H2;1-2H3. The largest absolute Gasteiger partial charge is 0.478 e. The second-order valence-electron chi connectivity index (χ2n) is 5.82. The Kier molecular flexibility index (Phi) is 12.5. The number of carboxylic acids is 1. The second-order valence-corrected chi connectivity index (χ2v) is 8.43. The number of carbonyl (C=O) groups is 2. The Morgan fingerprint density at radius 3 is 2.19 bits per heavy atom. The summed E-state index contributed by atoms with van der Waals surface area (Å²) >= 11 is 16.5. The number of halogens is 3. The molecule has 1 aromatic heterocycles. The number of anilines is 1. The maximum atomic E-state index is 11.3. The van der Waals surface area contributed by atoms with Crippen LogP contribution in [-0.2, 0) is 11.2 Å². The highest BCUT2D eigenvalue weighted by Gasteiger charge is 2.18. The highest BCUT2D eigenvalue weighted by Crippen LogP contribution is 2.36. The van der Waals surface area contributed by atoms with Gasteiger partial charge in [-0.15, -0.1) is 11.3 Å². The van der Waals surface area contributed by atoms with Gasteiger partial charge in [0, 0.05) is 33.4 Å². The van der Waals surface area contributed by atoms with E-state index in [4.69, 9.17) is 23.2 Å². The van der Waals surface area contributed by atoms with Gasteiger partial charge >= 0.3 is 5.97 Å². The number of nitrogens with one attached hydrogen (secondary N) is 1. The number of benzene rings is 2. The number of rotatable bonds is 6. The van der Waals surface area contributed by atoms with Crippen molar-refractivity contribution < 1.29 is 14.7 Å². The van der Waals surface area contributed by atoms with Crippen molar-refractivity contribution >= 4 is 68.4 Å². The van der Waals surface area contributed by atoms with E-state index in [0.717, 1.165) is 26.8 Å². The quantitative estimate of drug-likeness (QED) is 0.308. The summed E-state index contributed by atoms with van der Waals surface area (Å²) in [6.07, 6.45) is 1.94. The Morgan fingerprint density at radius 1 is 1.13 bits per heavy atom. The number of thiophene rings is 1. The van der Waals surface area contributed by atoms with Crippen LogP contribution in [0, 0.1) is 0 Å². The van der Waals surface area contributed by atoms with Gasteiger partial charge in [-0.2, -0.15) is 0 Å². The molecule has 0 fully saturated rings. The zero-order valence-corrected chi connectivity index (χ0v) is 21.3. The predicted octanol–water partition coefficient (Wildman–Crippen LogP) is 8.07. The molecule has 0 atom stereocenters. The van der Waals surface area contributed by atoms with Crippen LogP contribution in [-0.4, -0.2) is 24.4 Å². The van der Waals surface area contributed by atoms with Gasteiger partial charge in [-0.25, -0.2) is 4.79 Å². The zero-order chi connectivity index (χ0) is 23.4. The molecule has 8 heteroatoms. The van der Waals surface area contributed by atoms with Gasteiger partial charge < -0.3 is 15.2 Å². The molecule has 0 saturated carbocycles. The molecule has 166 valence electrons. The van der Waals surface area contributed by atoms with Crippen LogP contribution in [0.3, 0.4) is 0 Å². The van der Waals surface area contributed by atoms with Gasteiger partial charge in [0.1, 0.15) is 11.8 Å². The summed E-state index contributed by atoms with van der Waals surface area (Å²) in [5.74, 6) is -0.909. The summed E-state index contributed by atoms with van der Waals surface area (Å²) in [5, 5.41) is 15.2. The molecule has 2 aromatic carbocycles. The number of carbonyl (C=O) groups excluding carboxylic acids is 1. The van der Waals surface area contributed by atoms with Crippen LogP contribution in [0.1, 0.15) is 36.2 Å². The summed E-state index contributed by atoms with van der Waals surface area (Å²) < 4.78 is 0.975. The van der Waals surface area contributed by atoms with Crippen molar-refractivity contribution in [2.45, 2.75) is 26.7 Å². The van der Waals surface area contributed by atoms with Crippen molar-refractivity contribution in [1.29, 1.82) is 0 Å². The van der Waals surface area contributed by atoms with Crippen molar-refractivity contribution in [1.82, 2.24) is 0 Å². The Balaban J connectivity index is 0.000000303. The van der Waals surface area contributed by atoms with E-state index in [1.54, 1.807) is 25.2 Å². The van der Waals surface area contributed by atoms with E-state index in [9.17, 15) is 14.7 Å². The minimum Gasteiger partial charge on any atom is -0.478 e. The average Bonchev–Trinajstić information content (AvgIpc) is 3.20. The lowest BCUT2D eigenvalue weighted by Crippen LogP contribution is -2.01. The van der Waals surface area contributed by atoms with Crippen LogP contribution in [0.5, 0.6) is 0 Å². The fourth-order valence-corrected chi connectivity index (χ4v) is 4.45. The fourth-order valence-electron chi connectivity index (χ4n) is 2.54. The monoisotopic (exact) mass is 543 g/mol. The summed E-state index contributed by atoms with van der Waals surface area (Å²) in [4.78, 5) is 22.1. The van der Waals surface area contributed by atoms with Gasteiger partial charge in [0.15, 0.2) is 0 Å². The SMILES string of the molecule is CC.CNc1csc(-c2ccc(Br)cc2)c1C(=O)O.O=CCCc1c(Cl)cccc1Cl. The Labute approximate surface area is 205 Å². The predicted molar refractivity (Wildman–Crippen MR) is 136 cm³/mol. The first kappa shape index (κ1) is 27.2. The number of aromatic carboxylic acids is 1. The zero-order valence-electron chi connectivity index (χ0n) is 17.4. The van der Waals surface area contributed by atoms with E-state index in [2.05, 4.69) is 21.2 Å². The van der Waals surface area contributed by atoms with E-state index in [0.29, 0.717) is 34.1 Å². The van der Waals surface area contributed by atoms with Crippen LogP contribution >= 0.6 is 50.5 Å². The summed E-state index contributed by atoms with van der Waals surface area (Å²) in [6.45, 7) is 4.00. The third kappa shape index (κ3) is 7.96. The van der Waals surface area contributed by atoms with Gasteiger partial charge in [-0.05, 0) is 41.8 Å². The van der Waals surface area contributed by atoms with E-state index in [-0.39, 0.29) is 0 Å². The van der Waals surface area contributed by atoms with Crippen molar-refractivity contribution in [2.75, 3.05) is 12.4 Å². The highest BCUT2D eigenvalue weighted by molar-refractivity contribution is 9.10. The average molecular weight is 545 g/mol. The van der Waals surface area contributed by atoms with Crippen molar-refractivity contribution in [3.8, 4) is 10.4 Å². The molecule has 0 bridgehead atoms. The summed E-state index contributed by atoms with van der Waals surface area (Å²) in [5.41, 5.74) is 2.75. The molecule has 0 saturated heterocycles. The fraction of sp³-hybridized carbons (Fsp3) is 0.217. The second kappa shape index (κ2) is 14.2. The molecule has 0 spiro atoms. The molecule has 0 amide bonds. The molecule has 0 aliphatic carbocycles. The first-order chi connectivity index (χ1) is 14.9. The molecule has 3 rings (SSSR count). The first-order valence-corrected chi connectivity index (χ1v) is 12.0. The van der Waals surface area contributed by atoms with Gasteiger partial charge in [-0.3, -0.25) is 0 Å². The van der Waals surface area contributed by atoms with E-state index in [1.807, 2.05) is 43.5 Å². The molecule has 4 nitrogen and oxygen atoms in total. The minimum atomic E-state index is -0.909. The van der Waals surface area contributed by atoms with Crippen LogP contribution < -0.4 is 5.32 Å². The minimum absolute atomic E-state index is 0.333. The Morgan fingerprint density at radius 2 is 1.71 bits per heavy atom. The molecular weight excluding hydrogens is 521 g/mol. The third-order valence-electron chi connectivity index (χ3n) is 3.95. The third-order valence-corrected chi connectivity index (χ3v) is 6.22. The lowest BCUT2D eigenvalue weighted by Gasteiger charge is -2.03. The molecule has 0 aliphatic heterocycles. The molecule has 0 aliphatic rings. The van der Waals surface area contributed by atoms with Gasteiger partial charge in [0.2, 0.25) is 0 Å². The van der Waals surface area contributed by atoms with Crippen LogP contribution in [0.25, 0.3) is 10.4 Å². The molecule has 2 N–H and O–H groups in total. The lowest BCUT2D eigenvalue weighted by molar-refractivity contribution is -0.107. The first-order valence-electron chi connectivity index (χ1n) is 9.54. The topological polar surface area (TPSA) is 66.4 Å². The van der Waals surface area contributed by atoms with E-state index >= 15 is 0 Å². The Hall–Kier alpha value is -1.86. The van der Waals surface area contributed by atoms with Crippen molar-refractivity contribution in [3.63, 3.8) is 0 Å². The normalized spacial score (nSPS) is 9.61. The molecule has 0 radical (unpaired) electrons. The molecular formula is C23H24BrCl2NO3S. The smallest absolute Gasteiger partial charge is 0.339 e. The van der Waals surface area contributed by atoms with E-state index in [1.165, 1.54) is 11.3 Å². The van der Waals surface area contributed by atoms with Gasteiger partial charge in [-0.1, -0.05) is 71.2 Å². The molecule has 31 heavy (non-hydrogen) atoms. The van der Waals surface area contributed by atoms with Crippen molar-refractivity contribution in [3.05, 3.63) is 73.5 Å². The molecule has 0 unspecified atom stereocenters. The number of hydrogen-bond acceptors (Lipinski definition) is 4. The number of aldehydes is 1. The maximum absolute atomic E-state index is 11.3. The maximum Gasteiger partial charge on any atom is 0.339 e. The highest BCUT2D eigenvalue weighted by atomic mass is 79.9. The molecule has 3 aromatic rings. The lowest BCUT2D eigenvalue weighted by atomic mass is 10.1. The number of hydrogen-bond donors (Lipinski definition) is 2. The Bertz CT molecular complexity index is 971. The van der Waals surface area contributed by atoms with Crippen LogP contribution in [0.15, 0.2) is 52.3 Å².